The first-order chi connectivity index (χ1) is 10.3. The van der Waals surface area contributed by atoms with Crippen LogP contribution in [0.3, 0.4) is 0 Å². The number of carbonyl (C=O) groups excluding carboxylic acids is 1. The Kier molecular flexibility index (Phi) is 4.55. The van der Waals surface area contributed by atoms with Crippen LogP contribution in [-0.4, -0.2) is 24.4 Å². The quantitative estimate of drug-likeness (QED) is 0.501. The topological polar surface area (TPSA) is 116 Å². The van der Waals surface area contributed by atoms with Gasteiger partial charge in [-0.3, -0.25) is 9.35 Å². The molecule has 0 aromatic heterocycles. The van der Waals surface area contributed by atoms with Gasteiger partial charge in [0.2, 0.25) is 0 Å². The Morgan fingerprint density at radius 3 is 2.45 bits per heavy atom. The number of rotatable bonds is 4. The molecule has 22 heavy (non-hydrogen) atoms. The molecule has 2 aromatic carbocycles. The number of phenolic OH excluding ortho intramolecular Hbond substituents is 1. The number of azo groups is 1. The molecule has 7 nitrogen and oxygen atoms in total. The smallest absolute Gasteiger partial charge is 0.294 e. The number of hydrogen-bond acceptors (Lipinski definition) is 6. The third-order valence-corrected chi connectivity index (χ3v) is 3.80. The Bertz CT molecular complexity index is 865. The van der Waals surface area contributed by atoms with Crippen molar-refractivity contribution >= 4 is 39.4 Å². The average molecular weight is 341 g/mol. The van der Waals surface area contributed by atoms with Gasteiger partial charge < -0.3 is 5.11 Å². The standard InChI is InChI=1S/C13H9ClN2O5S/c14-11-3-2-10(22(19,20)21)6-12(11)16-15-9-1-4-13(18)8(5-9)7-17/h1-7,18H,(H,19,20,21). The molecular weight excluding hydrogens is 332 g/mol. The number of aldehydes is 1. The first-order valence-electron chi connectivity index (χ1n) is 5.78. The van der Waals surface area contributed by atoms with Crippen LogP contribution in [0.15, 0.2) is 51.5 Å². The Morgan fingerprint density at radius 1 is 1.09 bits per heavy atom. The second-order valence-electron chi connectivity index (χ2n) is 4.15. The maximum atomic E-state index is 11.1. The SMILES string of the molecule is O=Cc1cc(N=Nc2cc(S(=O)(=O)O)ccc2Cl)ccc1O. The van der Waals surface area contributed by atoms with E-state index in [0.717, 1.165) is 12.1 Å². The summed E-state index contributed by atoms with van der Waals surface area (Å²) in [5.74, 6) is -0.194. The average Bonchev–Trinajstić information content (AvgIpc) is 2.46. The van der Waals surface area contributed by atoms with Gasteiger partial charge in [0.1, 0.15) is 11.4 Å². The molecule has 2 N–H and O–H groups in total. The number of aromatic hydroxyl groups is 1. The van der Waals surface area contributed by atoms with Crippen LogP contribution in [0.25, 0.3) is 0 Å². The normalized spacial score (nSPS) is 11.7. The summed E-state index contributed by atoms with van der Waals surface area (Å²) >= 11 is 5.87. The van der Waals surface area contributed by atoms with E-state index in [4.69, 9.17) is 16.2 Å². The van der Waals surface area contributed by atoms with Crippen molar-refractivity contribution in [2.24, 2.45) is 10.2 Å². The molecule has 0 aliphatic heterocycles. The van der Waals surface area contributed by atoms with Crippen LogP contribution in [-0.2, 0) is 10.1 Å². The highest BCUT2D eigenvalue weighted by Crippen LogP contribution is 2.30. The van der Waals surface area contributed by atoms with Gasteiger partial charge in [0.25, 0.3) is 10.1 Å². The maximum absolute atomic E-state index is 11.1. The van der Waals surface area contributed by atoms with Gasteiger partial charge in [0.05, 0.1) is 21.2 Å². The fraction of sp³-hybridized carbons (Fsp3) is 0. The first-order valence-corrected chi connectivity index (χ1v) is 7.60. The van der Waals surface area contributed by atoms with Gasteiger partial charge in [0, 0.05) is 0 Å². The summed E-state index contributed by atoms with van der Waals surface area (Å²) in [5, 5.41) is 17.1. The summed E-state index contributed by atoms with van der Waals surface area (Å²) in [6.45, 7) is 0. The monoisotopic (exact) mass is 340 g/mol. The Morgan fingerprint density at radius 2 is 1.82 bits per heavy atom. The molecule has 0 aliphatic rings. The molecule has 0 radical (unpaired) electrons. The van der Waals surface area contributed by atoms with Gasteiger partial charge in [-0.15, -0.1) is 5.11 Å². The molecular formula is C13H9ClN2O5S. The summed E-state index contributed by atoms with van der Waals surface area (Å²) in [6, 6.07) is 7.42. The lowest BCUT2D eigenvalue weighted by Gasteiger charge is -2.01. The molecule has 2 aromatic rings. The lowest BCUT2D eigenvalue weighted by atomic mass is 10.2. The summed E-state index contributed by atoms with van der Waals surface area (Å²) in [5.41, 5.74) is 0.319. The zero-order chi connectivity index (χ0) is 16.3. The Balaban J connectivity index is 2.40. The Hall–Kier alpha value is -2.29. The van der Waals surface area contributed by atoms with Gasteiger partial charge in [0.15, 0.2) is 6.29 Å². The van der Waals surface area contributed by atoms with Gasteiger partial charge in [-0.2, -0.15) is 13.5 Å². The second kappa shape index (κ2) is 6.22. The van der Waals surface area contributed by atoms with Crippen molar-refractivity contribution in [1.29, 1.82) is 0 Å². The van der Waals surface area contributed by atoms with E-state index < -0.39 is 10.1 Å². The highest BCUT2D eigenvalue weighted by Gasteiger charge is 2.12. The predicted octanol–water partition coefficient (Wildman–Crippen LogP) is 3.52. The molecule has 0 atom stereocenters. The molecule has 0 saturated heterocycles. The van der Waals surface area contributed by atoms with Crippen LogP contribution >= 0.6 is 11.6 Å². The van der Waals surface area contributed by atoms with Gasteiger partial charge in [-0.25, -0.2) is 0 Å². The van der Waals surface area contributed by atoms with E-state index in [-0.39, 0.29) is 32.6 Å². The summed E-state index contributed by atoms with van der Waals surface area (Å²) in [4.78, 5) is 10.3. The zero-order valence-electron chi connectivity index (χ0n) is 10.8. The Labute approximate surface area is 130 Å². The predicted molar refractivity (Wildman–Crippen MR) is 78.9 cm³/mol. The molecule has 0 unspecified atom stereocenters. The lowest BCUT2D eigenvalue weighted by Crippen LogP contribution is -1.97. The number of nitrogens with zero attached hydrogens (tertiary/aromatic N) is 2. The number of benzene rings is 2. The minimum absolute atomic E-state index is 0.0255. The molecule has 0 saturated carbocycles. The van der Waals surface area contributed by atoms with Crippen molar-refractivity contribution in [2.45, 2.75) is 4.90 Å². The highest BCUT2D eigenvalue weighted by molar-refractivity contribution is 7.85. The molecule has 0 heterocycles. The molecule has 0 fully saturated rings. The summed E-state index contributed by atoms with van der Waals surface area (Å²) < 4.78 is 31.1. The van der Waals surface area contributed by atoms with Crippen molar-refractivity contribution in [3.63, 3.8) is 0 Å². The summed E-state index contributed by atoms with van der Waals surface area (Å²) in [7, 11) is -4.38. The highest BCUT2D eigenvalue weighted by atomic mass is 35.5. The van der Waals surface area contributed by atoms with Gasteiger partial charge >= 0.3 is 0 Å². The molecule has 2 rings (SSSR count). The maximum Gasteiger partial charge on any atom is 0.294 e. The number of halogens is 1. The van der Waals surface area contributed by atoms with Crippen molar-refractivity contribution in [1.82, 2.24) is 0 Å². The van der Waals surface area contributed by atoms with E-state index >= 15 is 0 Å². The molecule has 0 spiro atoms. The zero-order valence-corrected chi connectivity index (χ0v) is 12.4. The van der Waals surface area contributed by atoms with Crippen LogP contribution in [0.2, 0.25) is 5.02 Å². The third kappa shape index (κ3) is 3.67. The van der Waals surface area contributed by atoms with Crippen LogP contribution in [0.4, 0.5) is 11.4 Å². The number of carbonyl (C=O) groups is 1. The third-order valence-electron chi connectivity index (χ3n) is 2.63. The van der Waals surface area contributed by atoms with Crippen molar-refractivity contribution in [3.05, 3.63) is 47.0 Å². The van der Waals surface area contributed by atoms with E-state index in [9.17, 15) is 18.3 Å². The number of phenols is 1. The molecule has 0 amide bonds. The number of hydrogen-bond donors (Lipinski definition) is 2. The van der Waals surface area contributed by atoms with Crippen molar-refractivity contribution in [3.8, 4) is 5.75 Å². The molecule has 9 heteroatoms. The first kappa shape index (κ1) is 16.1. The van der Waals surface area contributed by atoms with Gasteiger partial charge in [-0.05, 0) is 36.4 Å². The molecule has 114 valence electrons. The minimum atomic E-state index is -4.38. The fourth-order valence-corrected chi connectivity index (χ4v) is 2.20. The summed E-state index contributed by atoms with van der Waals surface area (Å²) in [6.07, 6.45) is 0.459. The fourth-order valence-electron chi connectivity index (χ4n) is 1.54. The van der Waals surface area contributed by atoms with Crippen molar-refractivity contribution in [2.75, 3.05) is 0 Å². The van der Waals surface area contributed by atoms with E-state index in [1.165, 1.54) is 24.3 Å². The van der Waals surface area contributed by atoms with Crippen LogP contribution in [0.5, 0.6) is 5.75 Å². The van der Waals surface area contributed by atoms with E-state index in [1.54, 1.807) is 0 Å². The van der Waals surface area contributed by atoms with Crippen LogP contribution in [0.1, 0.15) is 10.4 Å². The van der Waals surface area contributed by atoms with Gasteiger partial charge in [-0.1, -0.05) is 11.6 Å². The molecule has 0 aliphatic carbocycles. The lowest BCUT2D eigenvalue weighted by molar-refractivity contribution is 0.112. The minimum Gasteiger partial charge on any atom is -0.507 e. The van der Waals surface area contributed by atoms with Crippen molar-refractivity contribution < 1.29 is 22.9 Å². The van der Waals surface area contributed by atoms with E-state index in [0.29, 0.717) is 6.29 Å². The largest absolute Gasteiger partial charge is 0.507 e. The van der Waals surface area contributed by atoms with E-state index in [2.05, 4.69) is 10.2 Å². The molecule has 0 bridgehead atoms. The van der Waals surface area contributed by atoms with Crippen LogP contribution in [0, 0.1) is 0 Å². The second-order valence-corrected chi connectivity index (χ2v) is 5.98. The van der Waals surface area contributed by atoms with Crippen LogP contribution < -0.4 is 0 Å². The van der Waals surface area contributed by atoms with E-state index in [1.807, 2.05) is 0 Å².